The van der Waals surface area contributed by atoms with E-state index >= 15 is 0 Å². The van der Waals surface area contributed by atoms with Crippen molar-refractivity contribution < 1.29 is 22.7 Å². The topological polar surface area (TPSA) is 111 Å². The van der Waals surface area contributed by atoms with Crippen molar-refractivity contribution in [1.29, 1.82) is 0 Å². The smallest absolute Gasteiger partial charge is 0.241 e. The molecule has 0 aliphatic carbocycles. The van der Waals surface area contributed by atoms with Crippen LogP contribution in [-0.2, 0) is 14.8 Å². The zero-order valence-corrected chi connectivity index (χ0v) is 18.1. The van der Waals surface area contributed by atoms with Gasteiger partial charge in [0.2, 0.25) is 15.9 Å². The van der Waals surface area contributed by atoms with Crippen molar-refractivity contribution in [2.45, 2.75) is 38.1 Å². The molecular formula is C18H30ClN3O5S. The van der Waals surface area contributed by atoms with E-state index < -0.39 is 10.0 Å². The Morgan fingerprint density at radius 3 is 2.46 bits per heavy atom. The fraction of sp³-hybridized carbons (Fsp3) is 0.611. The van der Waals surface area contributed by atoms with Gasteiger partial charge in [-0.2, -0.15) is 0 Å². The number of carbonyl (C=O) groups is 1. The van der Waals surface area contributed by atoms with E-state index in [0.717, 1.165) is 6.42 Å². The summed E-state index contributed by atoms with van der Waals surface area (Å²) in [5.74, 6) is 0.846. The van der Waals surface area contributed by atoms with Crippen LogP contribution in [0.15, 0.2) is 23.1 Å². The molecule has 1 fully saturated rings. The van der Waals surface area contributed by atoms with Gasteiger partial charge in [0.1, 0.15) is 0 Å². The molecule has 0 bridgehead atoms. The molecule has 160 valence electrons. The number of nitrogens with zero attached hydrogens (tertiary/aromatic N) is 1. The van der Waals surface area contributed by atoms with Crippen molar-refractivity contribution in [3.63, 3.8) is 0 Å². The second-order valence-electron chi connectivity index (χ2n) is 6.53. The van der Waals surface area contributed by atoms with Gasteiger partial charge in [0.15, 0.2) is 11.5 Å². The van der Waals surface area contributed by atoms with Gasteiger partial charge in [-0.25, -0.2) is 13.1 Å². The van der Waals surface area contributed by atoms with Crippen molar-refractivity contribution >= 4 is 28.3 Å². The minimum Gasteiger partial charge on any atom is -0.490 e. The lowest BCUT2D eigenvalue weighted by Gasteiger charge is -2.21. The molecule has 0 radical (unpaired) electrons. The van der Waals surface area contributed by atoms with Crippen LogP contribution < -0.4 is 19.9 Å². The summed E-state index contributed by atoms with van der Waals surface area (Å²) >= 11 is 0. The number of amides is 1. The molecule has 2 rings (SSSR count). The number of sulfonamides is 1. The maximum atomic E-state index is 12.6. The third-order valence-corrected chi connectivity index (χ3v) is 5.95. The summed E-state index contributed by atoms with van der Waals surface area (Å²) in [6, 6.07) is 4.46. The lowest BCUT2D eigenvalue weighted by Crippen LogP contribution is -2.42. The minimum absolute atomic E-state index is 0. The summed E-state index contributed by atoms with van der Waals surface area (Å²) < 4.78 is 38.5. The molecule has 2 atom stereocenters. The van der Waals surface area contributed by atoms with Crippen LogP contribution in [0.1, 0.15) is 27.2 Å². The van der Waals surface area contributed by atoms with Gasteiger partial charge in [-0.15, -0.1) is 12.4 Å². The van der Waals surface area contributed by atoms with E-state index in [0.29, 0.717) is 37.8 Å². The molecule has 8 nitrogen and oxygen atoms in total. The number of likely N-dealkylation sites (tertiary alicyclic amines) is 1. The first-order valence-corrected chi connectivity index (χ1v) is 10.7. The molecule has 10 heteroatoms. The zero-order valence-electron chi connectivity index (χ0n) is 16.5. The third kappa shape index (κ3) is 5.97. The van der Waals surface area contributed by atoms with Crippen LogP contribution in [0.5, 0.6) is 11.5 Å². The van der Waals surface area contributed by atoms with Gasteiger partial charge < -0.3 is 20.1 Å². The summed E-state index contributed by atoms with van der Waals surface area (Å²) in [6.07, 6.45) is 0.839. The molecule has 1 aliphatic rings. The summed E-state index contributed by atoms with van der Waals surface area (Å²) in [6.45, 7) is 7.20. The molecule has 0 spiro atoms. The fourth-order valence-electron chi connectivity index (χ4n) is 3.20. The van der Waals surface area contributed by atoms with Crippen molar-refractivity contribution in [1.82, 2.24) is 9.62 Å². The molecule has 2 unspecified atom stereocenters. The Morgan fingerprint density at radius 1 is 1.25 bits per heavy atom. The molecular weight excluding hydrogens is 406 g/mol. The number of benzene rings is 1. The van der Waals surface area contributed by atoms with Gasteiger partial charge in [-0.1, -0.05) is 0 Å². The first kappa shape index (κ1) is 24.5. The fourth-order valence-corrected chi connectivity index (χ4v) is 4.19. The number of carbonyl (C=O) groups excluding carboxylic acids is 1. The summed E-state index contributed by atoms with van der Waals surface area (Å²) in [5, 5.41) is 0. The van der Waals surface area contributed by atoms with Gasteiger partial charge in [-0.3, -0.25) is 4.79 Å². The van der Waals surface area contributed by atoms with Crippen LogP contribution in [-0.4, -0.2) is 58.1 Å². The number of rotatable bonds is 9. The maximum Gasteiger partial charge on any atom is 0.241 e. The molecule has 0 saturated carbocycles. The molecule has 1 aromatic carbocycles. The van der Waals surface area contributed by atoms with Gasteiger partial charge in [0.25, 0.3) is 0 Å². The van der Waals surface area contributed by atoms with E-state index in [2.05, 4.69) is 4.72 Å². The lowest BCUT2D eigenvalue weighted by atomic mass is 10.1. The van der Waals surface area contributed by atoms with Crippen LogP contribution in [0.2, 0.25) is 0 Å². The number of nitrogens with two attached hydrogens (primary N) is 1. The Kier molecular flexibility index (Phi) is 9.49. The van der Waals surface area contributed by atoms with Gasteiger partial charge >= 0.3 is 0 Å². The highest BCUT2D eigenvalue weighted by molar-refractivity contribution is 7.89. The number of hydrogen-bond donors (Lipinski definition) is 2. The van der Waals surface area contributed by atoms with Gasteiger partial charge in [-0.05, 0) is 51.8 Å². The Bertz CT molecular complexity index is 760. The van der Waals surface area contributed by atoms with Crippen molar-refractivity contribution in [2.24, 2.45) is 11.7 Å². The number of hydrogen-bond acceptors (Lipinski definition) is 6. The molecule has 1 heterocycles. The second-order valence-corrected chi connectivity index (χ2v) is 8.30. The average molecular weight is 436 g/mol. The monoisotopic (exact) mass is 435 g/mol. The van der Waals surface area contributed by atoms with E-state index in [1.807, 2.05) is 13.8 Å². The van der Waals surface area contributed by atoms with Crippen LogP contribution in [0.3, 0.4) is 0 Å². The van der Waals surface area contributed by atoms with E-state index in [4.69, 9.17) is 15.2 Å². The molecule has 1 amide bonds. The predicted molar refractivity (Wildman–Crippen MR) is 110 cm³/mol. The van der Waals surface area contributed by atoms with Gasteiger partial charge in [0.05, 0.1) is 24.7 Å². The highest BCUT2D eigenvalue weighted by Gasteiger charge is 2.32. The second kappa shape index (κ2) is 10.8. The quantitative estimate of drug-likeness (QED) is 0.606. The normalized spacial score (nSPS) is 19.2. The Labute approximate surface area is 173 Å². The molecule has 1 aromatic rings. The average Bonchev–Trinajstić information content (AvgIpc) is 3.02. The summed E-state index contributed by atoms with van der Waals surface area (Å²) in [7, 11) is -3.85. The maximum absolute atomic E-state index is 12.6. The number of halogens is 1. The minimum atomic E-state index is -3.85. The SMILES string of the molecule is CCOc1ccc(S(=O)(=O)NCC(=O)N2CC(CN)CC2C)cc1OCC.Cl. The molecule has 28 heavy (non-hydrogen) atoms. The van der Waals surface area contributed by atoms with Crippen molar-refractivity contribution in [3.8, 4) is 11.5 Å². The summed E-state index contributed by atoms with van der Waals surface area (Å²) in [4.78, 5) is 14.1. The Balaban J connectivity index is 0.00000392. The molecule has 1 saturated heterocycles. The highest BCUT2D eigenvalue weighted by Crippen LogP contribution is 2.30. The Morgan fingerprint density at radius 2 is 1.89 bits per heavy atom. The number of nitrogens with one attached hydrogen (secondary N) is 1. The van der Waals surface area contributed by atoms with E-state index in [1.54, 1.807) is 17.9 Å². The van der Waals surface area contributed by atoms with Crippen molar-refractivity contribution in [2.75, 3.05) is 32.8 Å². The highest BCUT2D eigenvalue weighted by atomic mass is 35.5. The standard InChI is InChI=1S/C18H29N3O5S.ClH/c1-4-25-16-7-6-15(9-17(16)26-5-2)27(23,24)20-11-18(22)21-12-14(10-19)8-13(21)3;/h6-7,9,13-14,20H,4-5,8,10-12,19H2,1-3H3;1H. The zero-order chi connectivity index (χ0) is 20.0. The first-order valence-electron chi connectivity index (χ1n) is 9.21. The van der Waals surface area contributed by atoms with Crippen molar-refractivity contribution in [3.05, 3.63) is 18.2 Å². The molecule has 1 aliphatic heterocycles. The van der Waals surface area contributed by atoms with Crippen LogP contribution in [0.25, 0.3) is 0 Å². The summed E-state index contributed by atoms with van der Waals surface area (Å²) in [5.41, 5.74) is 5.68. The third-order valence-electron chi connectivity index (χ3n) is 4.55. The number of ether oxygens (including phenoxy) is 2. The van der Waals surface area contributed by atoms with Crippen LogP contribution >= 0.6 is 12.4 Å². The lowest BCUT2D eigenvalue weighted by molar-refractivity contribution is -0.130. The largest absolute Gasteiger partial charge is 0.490 e. The van der Waals surface area contributed by atoms with E-state index in [9.17, 15) is 13.2 Å². The predicted octanol–water partition coefficient (Wildman–Crippen LogP) is 1.38. The van der Waals surface area contributed by atoms with Crippen LogP contribution in [0.4, 0.5) is 0 Å². The van der Waals surface area contributed by atoms with E-state index in [1.165, 1.54) is 12.1 Å². The molecule has 0 aromatic heterocycles. The molecule has 3 N–H and O–H groups in total. The first-order chi connectivity index (χ1) is 12.8. The van der Waals surface area contributed by atoms with E-state index in [-0.39, 0.29) is 41.7 Å². The van der Waals surface area contributed by atoms with Crippen LogP contribution in [0, 0.1) is 5.92 Å². The Hall–Kier alpha value is -1.55. The van der Waals surface area contributed by atoms with Gasteiger partial charge in [0, 0.05) is 18.7 Å².